The number of anilines is 1. The van der Waals surface area contributed by atoms with Gasteiger partial charge >= 0.3 is 5.91 Å². The first-order valence-corrected chi connectivity index (χ1v) is 10.6. The lowest BCUT2D eigenvalue weighted by Gasteiger charge is -2.33. The Kier molecular flexibility index (Phi) is 5.11. The van der Waals surface area contributed by atoms with E-state index in [9.17, 15) is 22.4 Å². The van der Waals surface area contributed by atoms with Gasteiger partial charge in [0, 0.05) is 12.6 Å². The molecule has 1 aromatic rings. The molecule has 9 heteroatoms. The summed E-state index contributed by atoms with van der Waals surface area (Å²) in [6.45, 7) is 4.42. The molecule has 0 saturated carbocycles. The molecule has 2 aliphatic heterocycles. The van der Waals surface area contributed by atoms with Crippen LogP contribution in [0, 0.1) is 11.7 Å². The molecule has 1 atom stereocenters. The third kappa shape index (κ3) is 3.50. The average Bonchev–Trinajstić information content (AvgIpc) is 3.03. The highest BCUT2D eigenvalue weighted by molar-refractivity contribution is 7.91. The van der Waals surface area contributed by atoms with Crippen molar-refractivity contribution in [1.82, 2.24) is 4.90 Å². The largest absolute Gasteiger partial charge is 0.300 e. The van der Waals surface area contributed by atoms with Crippen molar-refractivity contribution in [3.05, 3.63) is 28.5 Å². The Hall–Kier alpha value is -1.51. The highest BCUT2D eigenvalue weighted by atomic mass is 35.5. The minimum absolute atomic E-state index is 0.000577. The van der Waals surface area contributed by atoms with Crippen molar-refractivity contribution < 1.29 is 22.4 Å². The van der Waals surface area contributed by atoms with Gasteiger partial charge < -0.3 is 0 Å². The zero-order valence-corrected chi connectivity index (χ0v) is 16.1. The van der Waals surface area contributed by atoms with E-state index in [0.29, 0.717) is 13.0 Å². The first-order chi connectivity index (χ1) is 12.1. The Bertz CT molecular complexity index is 872. The number of amides is 1. The van der Waals surface area contributed by atoms with Crippen LogP contribution in [0.3, 0.4) is 0 Å². The van der Waals surface area contributed by atoms with Crippen LogP contribution in [0.15, 0.2) is 12.1 Å². The molecule has 0 N–H and O–H groups in total. The number of nitrogens with zero attached hydrogens (tertiary/aromatic N) is 2. The summed E-state index contributed by atoms with van der Waals surface area (Å²) in [5, 5.41) is 0.0288. The van der Waals surface area contributed by atoms with Gasteiger partial charge in [0.1, 0.15) is 5.82 Å². The molecule has 0 radical (unpaired) electrons. The van der Waals surface area contributed by atoms with Crippen LogP contribution in [0.4, 0.5) is 10.1 Å². The summed E-state index contributed by atoms with van der Waals surface area (Å²) in [5.74, 6) is -2.09. The number of ketones is 1. The van der Waals surface area contributed by atoms with Crippen LogP contribution in [0.25, 0.3) is 0 Å². The first kappa shape index (κ1) is 19.3. The van der Waals surface area contributed by atoms with Gasteiger partial charge in [-0.3, -0.25) is 19.4 Å². The van der Waals surface area contributed by atoms with Gasteiger partial charge in [0.15, 0.2) is 9.84 Å². The minimum atomic E-state index is -3.12. The number of carbonyl (C=O) groups is 2. The number of Topliss-reactive ketones (excluding diaryl/α,β-unsaturated/α-hetero) is 1. The summed E-state index contributed by atoms with van der Waals surface area (Å²) in [7, 11) is -3.12. The SMILES string of the molecule is CC(C)CN(CN1C(=O)C(=O)c2c(Cl)ccc(F)c21)C1CCS(=O)(=O)C1. The molecule has 1 aromatic carbocycles. The molecular formula is C17H20ClFN2O4S. The van der Waals surface area contributed by atoms with Gasteiger partial charge in [0.05, 0.1) is 34.4 Å². The molecule has 0 spiro atoms. The van der Waals surface area contributed by atoms with Gasteiger partial charge in [0.25, 0.3) is 5.78 Å². The van der Waals surface area contributed by atoms with Crippen LogP contribution in [0.5, 0.6) is 0 Å². The number of sulfone groups is 1. The van der Waals surface area contributed by atoms with E-state index in [4.69, 9.17) is 11.6 Å². The maximum absolute atomic E-state index is 14.4. The van der Waals surface area contributed by atoms with E-state index >= 15 is 0 Å². The van der Waals surface area contributed by atoms with Crippen molar-refractivity contribution in [3.8, 4) is 0 Å². The van der Waals surface area contributed by atoms with Gasteiger partial charge in [-0.2, -0.15) is 0 Å². The Balaban J connectivity index is 1.94. The molecule has 1 fully saturated rings. The molecule has 0 aromatic heterocycles. The molecule has 1 unspecified atom stereocenters. The fraction of sp³-hybridized carbons (Fsp3) is 0.529. The smallest absolute Gasteiger partial charge is 0.288 e. The Labute approximate surface area is 156 Å². The molecule has 2 heterocycles. The maximum Gasteiger partial charge on any atom is 0.300 e. The Morgan fingerprint density at radius 3 is 2.62 bits per heavy atom. The second kappa shape index (κ2) is 6.90. The molecule has 1 amide bonds. The molecule has 142 valence electrons. The van der Waals surface area contributed by atoms with Gasteiger partial charge in [-0.15, -0.1) is 0 Å². The van der Waals surface area contributed by atoms with Gasteiger partial charge in [-0.05, 0) is 24.5 Å². The fourth-order valence-electron chi connectivity index (χ4n) is 3.52. The number of hydrogen-bond donors (Lipinski definition) is 0. The van der Waals surface area contributed by atoms with Crippen LogP contribution in [-0.4, -0.2) is 55.8 Å². The molecule has 0 bridgehead atoms. The lowest BCUT2D eigenvalue weighted by molar-refractivity contribution is -0.114. The number of fused-ring (bicyclic) bond motifs is 1. The van der Waals surface area contributed by atoms with Crippen molar-refractivity contribution in [2.24, 2.45) is 5.92 Å². The third-order valence-corrected chi connectivity index (χ3v) is 6.73. The number of hydrogen-bond acceptors (Lipinski definition) is 5. The van der Waals surface area contributed by atoms with E-state index in [1.54, 1.807) is 0 Å². The summed E-state index contributed by atoms with van der Waals surface area (Å²) in [6, 6.07) is 2.10. The predicted molar refractivity (Wildman–Crippen MR) is 96.7 cm³/mol. The molecule has 0 aliphatic carbocycles. The number of benzene rings is 1. The van der Waals surface area contributed by atoms with Gasteiger partial charge in [0.2, 0.25) is 0 Å². The quantitative estimate of drug-likeness (QED) is 0.705. The van der Waals surface area contributed by atoms with Gasteiger partial charge in [-0.1, -0.05) is 25.4 Å². The van der Waals surface area contributed by atoms with E-state index in [1.807, 2.05) is 18.7 Å². The van der Waals surface area contributed by atoms with Crippen LogP contribution < -0.4 is 4.90 Å². The Morgan fingerprint density at radius 2 is 2.04 bits per heavy atom. The zero-order valence-electron chi connectivity index (χ0n) is 14.5. The molecule has 2 aliphatic rings. The molecule has 6 nitrogen and oxygen atoms in total. The van der Waals surface area contributed by atoms with E-state index in [-0.39, 0.29) is 46.4 Å². The third-order valence-electron chi connectivity index (χ3n) is 4.66. The molecular weight excluding hydrogens is 383 g/mol. The van der Waals surface area contributed by atoms with E-state index in [2.05, 4.69) is 0 Å². The maximum atomic E-state index is 14.4. The normalized spacial score (nSPS) is 21.9. The second-order valence-electron chi connectivity index (χ2n) is 7.18. The van der Waals surface area contributed by atoms with Crippen molar-refractivity contribution in [2.45, 2.75) is 26.3 Å². The lowest BCUT2D eigenvalue weighted by Crippen LogP contribution is -2.47. The summed E-state index contributed by atoms with van der Waals surface area (Å²) in [6.07, 6.45) is 0.454. The summed E-state index contributed by atoms with van der Waals surface area (Å²) >= 11 is 5.99. The predicted octanol–water partition coefficient (Wildman–Crippen LogP) is 2.11. The number of rotatable bonds is 5. The fourth-order valence-corrected chi connectivity index (χ4v) is 5.52. The topological polar surface area (TPSA) is 74.8 Å². The second-order valence-corrected chi connectivity index (χ2v) is 9.81. The lowest BCUT2D eigenvalue weighted by atomic mass is 10.1. The summed E-state index contributed by atoms with van der Waals surface area (Å²) in [5.41, 5.74) is -0.248. The van der Waals surface area contributed by atoms with E-state index in [1.165, 1.54) is 6.07 Å². The number of carbonyl (C=O) groups excluding carboxylic acids is 2. The standard InChI is InChI=1S/C17H20ClFN2O4S/c1-10(2)7-20(11-5-6-26(24,25)8-11)9-21-15-13(19)4-3-12(18)14(15)16(22)17(21)23/h3-4,10-11H,5-9H2,1-2H3. The summed E-state index contributed by atoms with van der Waals surface area (Å²) in [4.78, 5) is 27.6. The zero-order chi connectivity index (χ0) is 19.2. The molecule has 1 saturated heterocycles. The summed E-state index contributed by atoms with van der Waals surface area (Å²) < 4.78 is 38.0. The van der Waals surface area contributed by atoms with Crippen molar-refractivity contribution in [3.63, 3.8) is 0 Å². The van der Waals surface area contributed by atoms with Crippen LogP contribution in [0.2, 0.25) is 5.02 Å². The van der Waals surface area contributed by atoms with Crippen LogP contribution in [0.1, 0.15) is 30.6 Å². The van der Waals surface area contributed by atoms with Crippen molar-refractivity contribution in [1.29, 1.82) is 0 Å². The van der Waals surface area contributed by atoms with E-state index < -0.39 is 27.3 Å². The monoisotopic (exact) mass is 402 g/mol. The van der Waals surface area contributed by atoms with Crippen molar-refractivity contribution in [2.75, 3.05) is 29.6 Å². The average molecular weight is 403 g/mol. The van der Waals surface area contributed by atoms with Crippen molar-refractivity contribution >= 4 is 38.8 Å². The number of halogens is 2. The minimum Gasteiger partial charge on any atom is -0.288 e. The molecule has 3 rings (SSSR count). The highest BCUT2D eigenvalue weighted by Gasteiger charge is 2.42. The van der Waals surface area contributed by atoms with Crippen LogP contribution in [-0.2, 0) is 14.6 Å². The van der Waals surface area contributed by atoms with Gasteiger partial charge in [-0.25, -0.2) is 12.8 Å². The highest BCUT2D eigenvalue weighted by Crippen LogP contribution is 2.37. The van der Waals surface area contributed by atoms with Crippen LogP contribution >= 0.6 is 11.6 Å². The first-order valence-electron chi connectivity index (χ1n) is 8.39. The Morgan fingerprint density at radius 1 is 1.35 bits per heavy atom. The van der Waals surface area contributed by atoms with E-state index in [0.717, 1.165) is 11.0 Å². The molecule has 26 heavy (non-hydrogen) atoms.